The van der Waals surface area contributed by atoms with Gasteiger partial charge in [-0.3, -0.25) is 0 Å². The summed E-state index contributed by atoms with van der Waals surface area (Å²) in [6, 6.07) is 1.19. The summed E-state index contributed by atoms with van der Waals surface area (Å²) in [5.74, 6) is 0.512. The summed E-state index contributed by atoms with van der Waals surface area (Å²) in [6.45, 7) is 23.4. The maximum absolute atomic E-state index is 6.98. The molecule has 0 spiro atoms. The van der Waals surface area contributed by atoms with Gasteiger partial charge in [0.2, 0.25) is 0 Å². The molecule has 0 N–H and O–H groups in total. The van der Waals surface area contributed by atoms with Crippen molar-refractivity contribution in [2.45, 2.75) is 115 Å². The molecule has 0 unspecified atom stereocenters. The summed E-state index contributed by atoms with van der Waals surface area (Å²) in [7, 11) is -2.85. The van der Waals surface area contributed by atoms with Crippen LogP contribution in [-0.4, -0.2) is 54.2 Å². The normalized spacial score (nSPS) is 37.8. The molecule has 0 aromatic carbocycles. The molecule has 2 saturated carbocycles. The smallest absolute Gasteiger partial charge is 0.192 e. The van der Waals surface area contributed by atoms with E-state index in [1.165, 1.54) is 18.9 Å². The molecule has 170 valence electrons. The number of hydrogen-bond acceptors (Lipinski definition) is 4. The van der Waals surface area contributed by atoms with Gasteiger partial charge in [0.1, 0.15) is 12.4 Å². The Labute approximate surface area is 181 Å². The highest BCUT2D eigenvalue weighted by Crippen LogP contribution is 2.62. The standard InChI is InChI=1S/C23H46O4Si2/c1-21(2,3)29(8,9)27-19-11-10-18-22(19,4)13-12-20-23(18,16-25-20)26-17-24-14-15-28(5,6)7/h18-20H,10-17H2,1-9H3/t18-,19+,20+,22+,23+/m0/s1. The van der Waals surface area contributed by atoms with Crippen molar-refractivity contribution < 1.29 is 18.6 Å². The van der Waals surface area contributed by atoms with Crippen molar-refractivity contribution in [3.05, 3.63) is 0 Å². The first-order valence-corrected chi connectivity index (χ1v) is 18.3. The van der Waals surface area contributed by atoms with Crippen LogP contribution in [0.3, 0.4) is 0 Å². The van der Waals surface area contributed by atoms with Crippen LogP contribution in [0, 0.1) is 11.3 Å². The first-order valence-electron chi connectivity index (χ1n) is 11.7. The van der Waals surface area contributed by atoms with E-state index < -0.39 is 16.4 Å². The summed E-state index contributed by atoms with van der Waals surface area (Å²) < 4.78 is 25.4. The topological polar surface area (TPSA) is 36.9 Å². The van der Waals surface area contributed by atoms with Crippen molar-refractivity contribution in [2.24, 2.45) is 11.3 Å². The lowest BCUT2D eigenvalue weighted by molar-refractivity contribution is -0.336. The van der Waals surface area contributed by atoms with Gasteiger partial charge >= 0.3 is 0 Å². The van der Waals surface area contributed by atoms with Gasteiger partial charge in [-0.2, -0.15) is 0 Å². The zero-order valence-corrected chi connectivity index (χ0v) is 22.5. The van der Waals surface area contributed by atoms with Crippen molar-refractivity contribution in [3.63, 3.8) is 0 Å². The second-order valence-corrected chi connectivity index (χ2v) is 23.2. The quantitative estimate of drug-likeness (QED) is 0.260. The van der Waals surface area contributed by atoms with E-state index in [1.54, 1.807) is 0 Å². The van der Waals surface area contributed by atoms with Crippen molar-refractivity contribution in [2.75, 3.05) is 20.0 Å². The van der Waals surface area contributed by atoms with Gasteiger partial charge in [-0.05, 0) is 55.3 Å². The molecule has 0 amide bonds. The molecule has 1 saturated heterocycles. The molecule has 0 aromatic rings. The largest absolute Gasteiger partial charge is 0.413 e. The Morgan fingerprint density at radius 3 is 2.28 bits per heavy atom. The summed E-state index contributed by atoms with van der Waals surface area (Å²) >= 11 is 0. The van der Waals surface area contributed by atoms with E-state index in [9.17, 15) is 0 Å². The van der Waals surface area contributed by atoms with E-state index in [0.29, 0.717) is 18.8 Å². The molecule has 5 atom stereocenters. The van der Waals surface area contributed by atoms with Crippen LogP contribution in [0.2, 0.25) is 43.8 Å². The van der Waals surface area contributed by atoms with Crippen molar-refractivity contribution in [1.82, 2.24) is 0 Å². The predicted octanol–water partition coefficient (Wildman–Crippen LogP) is 6.05. The Morgan fingerprint density at radius 1 is 1.03 bits per heavy atom. The molecular formula is C23H46O4Si2. The Morgan fingerprint density at radius 2 is 1.72 bits per heavy atom. The minimum atomic E-state index is -1.79. The Kier molecular flexibility index (Phi) is 6.60. The Balaban J connectivity index is 1.66. The predicted molar refractivity (Wildman–Crippen MR) is 125 cm³/mol. The molecule has 6 heteroatoms. The molecule has 3 fully saturated rings. The second kappa shape index (κ2) is 8.00. The summed E-state index contributed by atoms with van der Waals surface area (Å²) in [4.78, 5) is 0. The highest BCUT2D eigenvalue weighted by atomic mass is 28.4. The molecule has 2 aliphatic carbocycles. The third-order valence-corrected chi connectivity index (χ3v) is 14.7. The zero-order chi connectivity index (χ0) is 21.7. The number of hydrogen-bond donors (Lipinski definition) is 0. The lowest BCUT2D eigenvalue weighted by Crippen LogP contribution is -2.70. The molecular weight excluding hydrogens is 396 g/mol. The first-order chi connectivity index (χ1) is 13.2. The van der Waals surface area contributed by atoms with E-state index in [2.05, 4.69) is 60.4 Å². The van der Waals surface area contributed by atoms with Crippen molar-refractivity contribution in [3.8, 4) is 0 Å². The van der Waals surface area contributed by atoms with Crippen LogP contribution in [0.1, 0.15) is 53.4 Å². The maximum atomic E-state index is 6.98. The highest BCUT2D eigenvalue weighted by Gasteiger charge is 2.67. The number of ether oxygens (including phenoxy) is 3. The van der Waals surface area contributed by atoms with E-state index >= 15 is 0 Å². The van der Waals surface area contributed by atoms with E-state index in [4.69, 9.17) is 18.6 Å². The zero-order valence-electron chi connectivity index (χ0n) is 20.5. The van der Waals surface area contributed by atoms with Crippen LogP contribution in [0.4, 0.5) is 0 Å². The van der Waals surface area contributed by atoms with E-state index in [0.717, 1.165) is 26.1 Å². The molecule has 3 rings (SSSR count). The van der Waals surface area contributed by atoms with Gasteiger partial charge in [-0.1, -0.05) is 47.3 Å². The summed E-state index contributed by atoms with van der Waals surface area (Å²) in [6.07, 6.45) is 5.20. The number of fused-ring (bicyclic) bond motifs is 3. The van der Waals surface area contributed by atoms with Crippen molar-refractivity contribution in [1.29, 1.82) is 0 Å². The number of rotatable bonds is 8. The SMILES string of the molecule is CC(C)(C)[Si](C)(C)O[C@@H]1CC[C@H]2[C@@]1(C)CC[C@H]1OC[C@]12OCOCC[Si](C)(C)C. The van der Waals surface area contributed by atoms with Crippen LogP contribution in [-0.2, 0) is 18.6 Å². The van der Waals surface area contributed by atoms with Crippen LogP contribution in [0.25, 0.3) is 0 Å². The van der Waals surface area contributed by atoms with E-state index in [1.807, 2.05) is 0 Å². The average molecular weight is 443 g/mol. The maximum Gasteiger partial charge on any atom is 0.192 e. The van der Waals surface area contributed by atoms with Crippen LogP contribution in [0.5, 0.6) is 0 Å². The minimum absolute atomic E-state index is 0.155. The van der Waals surface area contributed by atoms with Crippen molar-refractivity contribution >= 4 is 16.4 Å². The summed E-state index contributed by atoms with van der Waals surface area (Å²) in [5.41, 5.74) is 0.0336. The van der Waals surface area contributed by atoms with Gasteiger partial charge in [-0.25, -0.2) is 0 Å². The molecule has 29 heavy (non-hydrogen) atoms. The molecule has 0 radical (unpaired) electrons. The monoisotopic (exact) mass is 442 g/mol. The van der Waals surface area contributed by atoms with Crippen LogP contribution in [0.15, 0.2) is 0 Å². The third-order valence-electron chi connectivity index (χ3n) is 8.49. The fourth-order valence-electron chi connectivity index (χ4n) is 5.35. The lowest BCUT2D eigenvalue weighted by Gasteiger charge is -2.60. The molecule has 0 bridgehead atoms. The molecule has 1 aliphatic heterocycles. The van der Waals surface area contributed by atoms with Gasteiger partial charge in [-0.15, -0.1) is 0 Å². The molecule has 1 heterocycles. The van der Waals surface area contributed by atoms with Gasteiger partial charge < -0.3 is 18.6 Å². The Bertz CT molecular complexity index is 582. The second-order valence-electron chi connectivity index (χ2n) is 12.8. The molecule has 4 nitrogen and oxygen atoms in total. The fourth-order valence-corrected chi connectivity index (χ4v) is 7.56. The van der Waals surface area contributed by atoms with Gasteiger partial charge in [0, 0.05) is 20.6 Å². The molecule has 0 aromatic heterocycles. The third kappa shape index (κ3) is 4.58. The highest BCUT2D eigenvalue weighted by molar-refractivity contribution is 6.76. The molecule has 3 aliphatic rings. The van der Waals surface area contributed by atoms with Gasteiger partial charge in [0.15, 0.2) is 8.32 Å². The Hall–Kier alpha value is 0.274. The lowest BCUT2D eigenvalue weighted by atomic mass is 9.58. The van der Waals surface area contributed by atoms with Crippen LogP contribution >= 0.6 is 0 Å². The van der Waals surface area contributed by atoms with Gasteiger partial charge in [0.05, 0.1) is 18.8 Å². The minimum Gasteiger partial charge on any atom is -0.413 e. The first kappa shape index (κ1) is 23.9. The fraction of sp³-hybridized carbons (Fsp3) is 1.00. The summed E-state index contributed by atoms with van der Waals surface area (Å²) in [5, 5.41) is 0.247. The van der Waals surface area contributed by atoms with Gasteiger partial charge in [0.25, 0.3) is 0 Å². The average Bonchev–Trinajstić information content (AvgIpc) is 2.84. The van der Waals surface area contributed by atoms with E-state index in [-0.39, 0.29) is 22.2 Å². The van der Waals surface area contributed by atoms with Crippen LogP contribution < -0.4 is 0 Å².